The first-order valence-electron chi connectivity index (χ1n) is 5.98. The van der Waals surface area contributed by atoms with E-state index in [4.69, 9.17) is 0 Å². The molecule has 3 nitrogen and oxygen atoms in total. The van der Waals surface area contributed by atoms with Crippen molar-refractivity contribution < 1.29 is 18.7 Å². The lowest BCUT2D eigenvalue weighted by Gasteiger charge is -2.11. The molecule has 2 unspecified atom stereocenters. The second-order valence-corrected chi connectivity index (χ2v) is 4.64. The Morgan fingerprint density at radius 3 is 2.56 bits per heavy atom. The molecule has 18 heavy (non-hydrogen) atoms. The highest BCUT2D eigenvalue weighted by molar-refractivity contribution is 5.94. The molecular weight excluding hydrogens is 240 g/mol. The van der Waals surface area contributed by atoms with Crippen LogP contribution in [0.2, 0.25) is 0 Å². The molecule has 2 N–H and O–H groups in total. The molecule has 98 valence electrons. The van der Waals surface area contributed by atoms with Gasteiger partial charge < -0.3 is 10.4 Å². The standard InChI is InChI=1S/C13H15F2NO2/c14-10-2-1-3-11(15)12(10)13(18)16-7-8-4-5-9(17)6-8/h1-3,8-9,17H,4-7H2,(H,16,18). The van der Waals surface area contributed by atoms with Gasteiger partial charge in [-0.15, -0.1) is 0 Å². The minimum Gasteiger partial charge on any atom is -0.393 e. The Kier molecular flexibility index (Phi) is 3.91. The third-order valence-corrected chi connectivity index (χ3v) is 3.25. The number of hydrogen-bond donors (Lipinski definition) is 2. The lowest BCUT2D eigenvalue weighted by atomic mass is 10.1. The largest absolute Gasteiger partial charge is 0.393 e. The predicted octanol–water partition coefficient (Wildman–Crippen LogP) is 1.86. The number of halogens is 2. The highest BCUT2D eigenvalue weighted by atomic mass is 19.1. The lowest BCUT2D eigenvalue weighted by molar-refractivity contribution is 0.0936. The van der Waals surface area contributed by atoms with E-state index in [9.17, 15) is 18.7 Å². The van der Waals surface area contributed by atoms with E-state index in [1.54, 1.807) is 0 Å². The zero-order chi connectivity index (χ0) is 13.1. The summed E-state index contributed by atoms with van der Waals surface area (Å²) in [5.74, 6) is -2.29. The summed E-state index contributed by atoms with van der Waals surface area (Å²) in [6.45, 7) is 0.337. The van der Waals surface area contributed by atoms with Crippen LogP contribution in [0.25, 0.3) is 0 Å². The molecule has 2 atom stereocenters. The van der Waals surface area contributed by atoms with Crippen LogP contribution in [0, 0.1) is 17.6 Å². The minimum absolute atomic E-state index is 0.179. The average molecular weight is 255 g/mol. The van der Waals surface area contributed by atoms with Crippen molar-refractivity contribution in [1.82, 2.24) is 5.32 Å². The van der Waals surface area contributed by atoms with Gasteiger partial charge in [-0.3, -0.25) is 4.79 Å². The molecule has 1 aromatic carbocycles. The van der Waals surface area contributed by atoms with E-state index in [0.29, 0.717) is 19.4 Å². The SMILES string of the molecule is O=C(NCC1CCC(O)C1)c1c(F)cccc1F. The van der Waals surface area contributed by atoms with Crippen LogP contribution in [0.5, 0.6) is 0 Å². The monoisotopic (exact) mass is 255 g/mol. The third kappa shape index (κ3) is 2.85. The topological polar surface area (TPSA) is 49.3 Å². The molecule has 0 radical (unpaired) electrons. The molecule has 0 heterocycles. The summed E-state index contributed by atoms with van der Waals surface area (Å²) in [7, 11) is 0. The normalized spacial score (nSPS) is 23.1. The fourth-order valence-electron chi connectivity index (χ4n) is 2.27. The van der Waals surface area contributed by atoms with Crippen LogP contribution in [0.1, 0.15) is 29.6 Å². The first-order chi connectivity index (χ1) is 8.58. The number of carbonyl (C=O) groups is 1. The second-order valence-electron chi connectivity index (χ2n) is 4.64. The molecule has 0 bridgehead atoms. The Morgan fingerprint density at radius 1 is 1.33 bits per heavy atom. The fourth-order valence-corrected chi connectivity index (χ4v) is 2.27. The molecule has 0 spiro atoms. The maximum Gasteiger partial charge on any atom is 0.257 e. The van der Waals surface area contributed by atoms with Gasteiger partial charge in [0.25, 0.3) is 5.91 Å². The molecule has 0 aliphatic heterocycles. The van der Waals surface area contributed by atoms with Crippen LogP contribution in [0.3, 0.4) is 0 Å². The predicted molar refractivity (Wildman–Crippen MR) is 62.0 cm³/mol. The van der Waals surface area contributed by atoms with E-state index in [-0.39, 0.29) is 12.0 Å². The Bertz CT molecular complexity index is 430. The smallest absolute Gasteiger partial charge is 0.257 e. The molecule has 1 aliphatic rings. The Morgan fingerprint density at radius 2 is 2.00 bits per heavy atom. The molecule has 2 rings (SSSR count). The summed E-state index contributed by atoms with van der Waals surface area (Å²) >= 11 is 0. The molecule has 0 saturated heterocycles. The summed E-state index contributed by atoms with van der Waals surface area (Å²) in [6.07, 6.45) is 1.84. The lowest BCUT2D eigenvalue weighted by Crippen LogP contribution is -2.30. The van der Waals surface area contributed by atoms with Crippen molar-refractivity contribution in [1.29, 1.82) is 0 Å². The molecular formula is C13H15F2NO2. The van der Waals surface area contributed by atoms with Gasteiger partial charge in [-0.1, -0.05) is 6.07 Å². The van der Waals surface area contributed by atoms with Crippen LogP contribution in [-0.4, -0.2) is 23.7 Å². The van der Waals surface area contributed by atoms with E-state index in [1.807, 2.05) is 0 Å². The van der Waals surface area contributed by atoms with Crippen molar-refractivity contribution in [2.45, 2.75) is 25.4 Å². The van der Waals surface area contributed by atoms with E-state index in [0.717, 1.165) is 18.6 Å². The molecule has 1 fully saturated rings. The summed E-state index contributed by atoms with van der Waals surface area (Å²) in [5, 5.41) is 11.9. The minimum atomic E-state index is -0.862. The van der Waals surface area contributed by atoms with Crippen molar-refractivity contribution in [2.75, 3.05) is 6.54 Å². The van der Waals surface area contributed by atoms with Crippen molar-refractivity contribution in [3.05, 3.63) is 35.4 Å². The number of aliphatic hydroxyl groups is 1. The van der Waals surface area contributed by atoms with Gasteiger partial charge in [0.15, 0.2) is 0 Å². The van der Waals surface area contributed by atoms with Crippen LogP contribution < -0.4 is 5.32 Å². The zero-order valence-corrected chi connectivity index (χ0v) is 9.83. The van der Waals surface area contributed by atoms with Gasteiger partial charge in [-0.25, -0.2) is 8.78 Å². The van der Waals surface area contributed by atoms with Crippen LogP contribution in [0.4, 0.5) is 8.78 Å². The van der Waals surface area contributed by atoms with Gasteiger partial charge in [0.2, 0.25) is 0 Å². The van der Waals surface area contributed by atoms with Crippen LogP contribution >= 0.6 is 0 Å². The molecule has 1 saturated carbocycles. The van der Waals surface area contributed by atoms with E-state index in [2.05, 4.69) is 5.32 Å². The van der Waals surface area contributed by atoms with Gasteiger partial charge in [0.1, 0.15) is 17.2 Å². The van der Waals surface area contributed by atoms with Gasteiger partial charge in [0.05, 0.1) is 6.10 Å². The molecule has 5 heteroatoms. The van der Waals surface area contributed by atoms with Gasteiger partial charge >= 0.3 is 0 Å². The Balaban J connectivity index is 1.96. The Labute approximate surface area is 104 Å². The van der Waals surface area contributed by atoms with E-state index in [1.165, 1.54) is 6.07 Å². The number of nitrogens with one attached hydrogen (secondary N) is 1. The van der Waals surface area contributed by atoms with Crippen molar-refractivity contribution in [3.8, 4) is 0 Å². The number of amides is 1. The summed E-state index contributed by atoms with van der Waals surface area (Å²) < 4.78 is 26.6. The number of aliphatic hydroxyl groups excluding tert-OH is 1. The maximum absolute atomic E-state index is 13.3. The molecule has 1 amide bonds. The Hall–Kier alpha value is -1.49. The number of carbonyl (C=O) groups excluding carboxylic acids is 1. The van der Waals surface area contributed by atoms with Gasteiger partial charge in [-0.05, 0) is 37.3 Å². The van der Waals surface area contributed by atoms with Crippen LogP contribution in [-0.2, 0) is 0 Å². The maximum atomic E-state index is 13.3. The summed E-state index contributed by atoms with van der Waals surface area (Å²) in [6, 6.07) is 3.32. The van der Waals surface area contributed by atoms with Crippen LogP contribution in [0.15, 0.2) is 18.2 Å². The van der Waals surface area contributed by atoms with Gasteiger partial charge in [-0.2, -0.15) is 0 Å². The fraction of sp³-hybridized carbons (Fsp3) is 0.462. The van der Waals surface area contributed by atoms with Gasteiger partial charge in [0, 0.05) is 6.54 Å². The highest BCUT2D eigenvalue weighted by Crippen LogP contribution is 2.24. The summed E-state index contributed by atoms with van der Waals surface area (Å²) in [4.78, 5) is 11.7. The first-order valence-corrected chi connectivity index (χ1v) is 5.98. The number of benzene rings is 1. The average Bonchev–Trinajstić information content (AvgIpc) is 2.72. The van der Waals surface area contributed by atoms with E-state index >= 15 is 0 Å². The summed E-state index contributed by atoms with van der Waals surface area (Å²) in [5.41, 5.74) is -0.545. The first kappa shape index (κ1) is 13.0. The zero-order valence-electron chi connectivity index (χ0n) is 9.83. The second kappa shape index (κ2) is 5.44. The molecule has 0 aromatic heterocycles. The molecule has 1 aromatic rings. The number of hydrogen-bond acceptors (Lipinski definition) is 2. The molecule has 1 aliphatic carbocycles. The highest BCUT2D eigenvalue weighted by Gasteiger charge is 2.24. The van der Waals surface area contributed by atoms with Crippen molar-refractivity contribution in [3.63, 3.8) is 0 Å². The number of rotatable bonds is 3. The van der Waals surface area contributed by atoms with Crippen molar-refractivity contribution in [2.24, 2.45) is 5.92 Å². The van der Waals surface area contributed by atoms with E-state index < -0.39 is 23.1 Å². The van der Waals surface area contributed by atoms with Crippen molar-refractivity contribution >= 4 is 5.91 Å². The quantitative estimate of drug-likeness (QED) is 0.866. The third-order valence-electron chi connectivity index (χ3n) is 3.25.